The second-order valence-corrected chi connectivity index (χ2v) is 8.56. The van der Waals surface area contributed by atoms with Crippen molar-refractivity contribution < 1.29 is 23.5 Å². The van der Waals surface area contributed by atoms with Crippen molar-refractivity contribution >= 4 is 17.5 Å². The summed E-state index contributed by atoms with van der Waals surface area (Å²) >= 11 is 0. The van der Waals surface area contributed by atoms with E-state index in [1.807, 2.05) is 24.3 Å². The van der Waals surface area contributed by atoms with Crippen LogP contribution in [0.4, 0.5) is 10.1 Å². The van der Waals surface area contributed by atoms with Gasteiger partial charge in [-0.1, -0.05) is 18.2 Å². The number of rotatable bonds is 6. The number of fused-ring (bicyclic) bond motifs is 3. The molecule has 1 saturated heterocycles. The van der Waals surface area contributed by atoms with Crippen molar-refractivity contribution in [3.63, 3.8) is 0 Å². The van der Waals surface area contributed by atoms with Gasteiger partial charge in [0.1, 0.15) is 24.7 Å². The zero-order valence-corrected chi connectivity index (χ0v) is 17.2. The van der Waals surface area contributed by atoms with Crippen LogP contribution >= 0.6 is 0 Å². The molecule has 31 heavy (non-hydrogen) atoms. The van der Waals surface area contributed by atoms with E-state index < -0.39 is 5.41 Å². The molecule has 0 bridgehead atoms. The summed E-state index contributed by atoms with van der Waals surface area (Å²) < 4.78 is 24.4. The van der Waals surface area contributed by atoms with Crippen LogP contribution in [0.1, 0.15) is 30.7 Å². The molecule has 162 valence electrons. The van der Waals surface area contributed by atoms with Gasteiger partial charge >= 0.3 is 0 Å². The summed E-state index contributed by atoms with van der Waals surface area (Å²) in [5.74, 6) is 0.0201. The summed E-state index contributed by atoms with van der Waals surface area (Å²) in [5.41, 5.74) is 1.19. The predicted octanol–water partition coefficient (Wildman–Crippen LogP) is 3.02. The third-order valence-corrected chi connectivity index (χ3v) is 6.55. The Morgan fingerprint density at radius 2 is 1.90 bits per heavy atom. The molecule has 3 aliphatic rings. The molecule has 6 nitrogen and oxygen atoms in total. The number of anilines is 1. The van der Waals surface area contributed by atoms with Gasteiger partial charge in [-0.05, 0) is 55.2 Å². The molecule has 2 fully saturated rings. The van der Waals surface area contributed by atoms with Crippen LogP contribution in [0.2, 0.25) is 0 Å². The van der Waals surface area contributed by atoms with Gasteiger partial charge in [0.05, 0.1) is 5.41 Å². The zero-order chi connectivity index (χ0) is 21.4. The molecule has 2 atom stereocenters. The molecule has 1 saturated carbocycles. The number of hydrogen-bond donors (Lipinski definition) is 1. The molecule has 0 aromatic heterocycles. The Morgan fingerprint density at radius 3 is 2.68 bits per heavy atom. The monoisotopic (exact) mass is 424 g/mol. The van der Waals surface area contributed by atoms with E-state index in [4.69, 9.17) is 9.47 Å². The molecule has 2 amide bonds. The smallest absolute Gasteiger partial charge is 0.240 e. The van der Waals surface area contributed by atoms with Gasteiger partial charge < -0.3 is 19.7 Å². The van der Waals surface area contributed by atoms with Crippen LogP contribution in [-0.4, -0.2) is 44.2 Å². The number of nitrogens with zero attached hydrogens (tertiary/aromatic N) is 1. The Balaban J connectivity index is 1.33. The zero-order valence-electron chi connectivity index (χ0n) is 17.2. The van der Waals surface area contributed by atoms with E-state index >= 15 is 0 Å². The normalized spacial score (nSPS) is 24.9. The van der Waals surface area contributed by atoms with Crippen molar-refractivity contribution in [3.8, 4) is 5.75 Å². The van der Waals surface area contributed by atoms with E-state index in [2.05, 4.69) is 5.32 Å². The lowest BCUT2D eigenvalue weighted by molar-refractivity contribution is -0.128. The number of nitrogens with one attached hydrogen (secondary N) is 1. The maximum atomic E-state index is 13.5. The third kappa shape index (κ3) is 3.78. The average Bonchev–Trinajstić information content (AvgIpc) is 3.53. The number of para-hydroxylation sites is 1. The Labute approximate surface area is 180 Å². The van der Waals surface area contributed by atoms with Gasteiger partial charge in [-0.2, -0.15) is 0 Å². The van der Waals surface area contributed by atoms with Crippen molar-refractivity contribution in [2.75, 3.05) is 31.3 Å². The van der Waals surface area contributed by atoms with E-state index in [9.17, 15) is 14.0 Å². The summed E-state index contributed by atoms with van der Waals surface area (Å²) in [6.45, 7) is 1.47. The van der Waals surface area contributed by atoms with Crippen molar-refractivity contribution in [3.05, 3.63) is 59.9 Å². The first-order valence-electron chi connectivity index (χ1n) is 10.7. The maximum Gasteiger partial charge on any atom is 0.240 e. The second kappa shape index (κ2) is 7.96. The van der Waals surface area contributed by atoms with Crippen LogP contribution in [0.5, 0.6) is 5.75 Å². The molecule has 0 radical (unpaired) electrons. The first-order chi connectivity index (χ1) is 15.1. The van der Waals surface area contributed by atoms with E-state index in [0.29, 0.717) is 25.4 Å². The van der Waals surface area contributed by atoms with Gasteiger partial charge in [-0.15, -0.1) is 0 Å². The third-order valence-electron chi connectivity index (χ3n) is 6.55. The molecule has 0 spiro atoms. The highest BCUT2D eigenvalue weighted by Crippen LogP contribution is 2.65. The largest absolute Gasteiger partial charge is 0.492 e. The highest BCUT2D eigenvalue weighted by Gasteiger charge is 2.66. The van der Waals surface area contributed by atoms with E-state index in [0.717, 1.165) is 24.1 Å². The van der Waals surface area contributed by atoms with Crippen LogP contribution in [0.15, 0.2) is 48.5 Å². The molecule has 2 aromatic carbocycles. The van der Waals surface area contributed by atoms with Crippen molar-refractivity contribution in [2.24, 2.45) is 5.41 Å². The first kappa shape index (κ1) is 20.0. The Bertz CT molecular complexity index is 989. The van der Waals surface area contributed by atoms with Crippen molar-refractivity contribution in [1.82, 2.24) is 5.32 Å². The number of carbonyl (C=O) groups excluding carboxylic acids is 2. The van der Waals surface area contributed by atoms with Gasteiger partial charge in [0, 0.05) is 30.9 Å². The molecule has 2 aromatic rings. The number of benzene rings is 2. The molecule has 1 aliphatic carbocycles. The minimum Gasteiger partial charge on any atom is -0.492 e. The molecular formula is C24H25FN2O4. The van der Waals surface area contributed by atoms with E-state index in [-0.39, 0.29) is 42.7 Å². The summed E-state index contributed by atoms with van der Waals surface area (Å²) in [6.07, 6.45) is 2.25. The van der Waals surface area contributed by atoms with Gasteiger partial charge in [0.2, 0.25) is 11.8 Å². The lowest BCUT2D eigenvalue weighted by Crippen LogP contribution is -2.50. The van der Waals surface area contributed by atoms with Gasteiger partial charge in [-0.3, -0.25) is 9.59 Å². The minimum absolute atomic E-state index is 0.0157. The summed E-state index contributed by atoms with van der Waals surface area (Å²) in [4.78, 5) is 27.9. The molecule has 5 rings (SSSR count). The molecule has 2 aliphatic heterocycles. The molecule has 2 heterocycles. The number of halogens is 1. The fourth-order valence-corrected chi connectivity index (χ4v) is 4.74. The Hall–Kier alpha value is -2.93. The number of hydrogen-bond acceptors (Lipinski definition) is 4. The standard InChI is InChI=1S/C24H25FN2O4/c25-16-5-7-18(8-6-16)31-15-24-13-20(24)19-3-1-2-4-21(19)27(23(24)29)14-22(28)26-17-9-11-30-12-10-17/h1-8,17,20H,9-15H2,(H,26,28). The lowest BCUT2D eigenvalue weighted by Gasteiger charge is -2.34. The van der Waals surface area contributed by atoms with Crippen LogP contribution in [0, 0.1) is 11.2 Å². The lowest BCUT2D eigenvalue weighted by atomic mass is 9.92. The Kier molecular flexibility index (Phi) is 5.14. The predicted molar refractivity (Wildman–Crippen MR) is 112 cm³/mol. The molecular weight excluding hydrogens is 399 g/mol. The summed E-state index contributed by atoms with van der Waals surface area (Å²) in [6, 6.07) is 13.6. The fourth-order valence-electron chi connectivity index (χ4n) is 4.74. The van der Waals surface area contributed by atoms with E-state index in [1.165, 1.54) is 12.1 Å². The highest BCUT2D eigenvalue weighted by molar-refractivity contribution is 6.07. The Morgan fingerprint density at radius 1 is 1.16 bits per heavy atom. The van der Waals surface area contributed by atoms with Gasteiger partial charge in [0.25, 0.3) is 0 Å². The van der Waals surface area contributed by atoms with Gasteiger partial charge in [-0.25, -0.2) is 4.39 Å². The quantitative estimate of drug-likeness (QED) is 0.774. The highest BCUT2D eigenvalue weighted by atomic mass is 19.1. The fraction of sp³-hybridized carbons (Fsp3) is 0.417. The van der Waals surface area contributed by atoms with Gasteiger partial charge in [0.15, 0.2) is 0 Å². The first-order valence-corrected chi connectivity index (χ1v) is 10.7. The van der Waals surface area contributed by atoms with Crippen molar-refractivity contribution in [1.29, 1.82) is 0 Å². The molecule has 7 heteroatoms. The van der Waals surface area contributed by atoms with Crippen molar-refractivity contribution in [2.45, 2.75) is 31.2 Å². The van der Waals surface area contributed by atoms with Crippen LogP contribution in [0.25, 0.3) is 0 Å². The second-order valence-electron chi connectivity index (χ2n) is 8.56. The van der Waals surface area contributed by atoms with E-state index in [1.54, 1.807) is 17.0 Å². The summed E-state index contributed by atoms with van der Waals surface area (Å²) in [5, 5.41) is 3.04. The number of amides is 2. The topological polar surface area (TPSA) is 67.9 Å². The van der Waals surface area contributed by atoms with Crippen LogP contribution in [-0.2, 0) is 14.3 Å². The summed E-state index contributed by atoms with van der Waals surface area (Å²) in [7, 11) is 0. The SMILES string of the molecule is O=C(CN1C(=O)C2(COc3ccc(F)cc3)CC2c2ccccc21)NC1CCOCC1. The number of carbonyl (C=O) groups is 2. The maximum absolute atomic E-state index is 13.5. The van der Waals surface area contributed by atoms with Crippen LogP contribution in [0.3, 0.4) is 0 Å². The molecule has 2 unspecified atom stereocenters. The minimum atomic E-state index is -0.679. The number of ether oxygens (including phenoxy) is 2. The van der Waals surface area contributed by atoms with Crippen LogP contribution < -0.4 is 15.0 Å². The molecule has 1 N–H and O–H groups in total. The average molecular weight is 424 g/mol.